The molecule has 0 saturated heterocycles. The van der Waals surface area contributed by atoms with E-state index in [1.54, 1.807) is 4.57 Å². The van der Waals surface area contributed by atoms with E-state index in [1.807, 2.05) is 12.1 Å². The van der Waals surface area contributed by atoms with E-state index in [4.69, 9.17) is 25.1 Å². The number of benzene rings is 1. The number of aromatic nitrogens is 4. The summed E-state index contributed by atoms with van der Waals surface area (Å²) in [6.45, 7) is 1.47. The smallest absolute Gasteiger partial charge is 0.312 e. The van der Waals surface area contributed by atoms with Crippen LogP contribution in [0.4, 0.5) is 10.2 Å². The fraction of sp³-hybridized carbons (Fsp3) is 0.389. The Bertz CT molecular complexity index is 1040. The molecule has 0 bridgehead atoms. The maximum Gasteiger partial charge on any atom is 0.312 e. The second kappa shape index (κ2) is 8.63. The molecule has 3 N–H and O–H groups in total. The standard InChI is InChI=1S/C18H19FIN5O4/c19-18-23-16(21)15-17(24-18)25(2-5-27-4-1-3-26)14(22-15)7-10-6-12-13(8-11(10)20)29-9-28-12/h6,8,26H,1-5,7,9H2,(H2,21,23,24). The highest BCUT2D eigenvalue weighted by molar-refractivity contribution is 14.1. The third-order valence-corrected chi connectivity index (χ3v) is 5.47. The van der Waals surface area contributed by atoms with E-state index >= 15 is 0 Å². The van der Waals surface area contributed by atoms with Crippen molar-refractivity contribution in [2.45, 2.75) is 19.4 Å². The number of fused-ring (bicyclic) bond motifs is 2. The van der Waals surface area contributed by atoms with Gasteiger partial charge in [-0.25, -0.2) is 4.98 Å². The van der Waals surface area contributed by atoms with Crippen molar-refractivity contribution in [2.24, 2.45) is 0 Å². The molecule has 154 valence electrons. The van der Waals surface area contributed by atoms with Crippen molar-refractivity contribution in [1.29, 1.82) is 0 Å². The van der Waals surface area contributed by atoms with Crippen molar-refractivity contribution in [1.82, 2.24) is 19.5 Å². The number of imidazole rings is 1. The highest BCUT2D eigenvalue weighted by atomic mass is 127. The lowest BCUT2D eigenvalue weighted by Crippen LogP contribution is -2.12. The Balaban J connectivity index is 1.67. The van der Waals surface area contributed by atoms with Gasteiger partial charge in [-0.1, -0.05) is 0 Å². The van der Waals surface area contributed by atoms with Gasteiger partial charge in [0.2, 0.25) is 6.79 Å². The molecule has 29 heavy (non-hydrogen) atoms. The summed E-state index contributed by atoms with van der Waals surface area (Å²) < 4.78 is 33.0. The van der Waals surface area contributed by atoms with Crippen LogP contribution in [0.3, 0.4) is 0 Å². The molecule has 4 rings (SSSR count). The molecule has 0 fully saturated rings. The van der Waals surface area contributed by atoms with Crippen molar-refractivity contribution < 1.29 is 23.7 Å². The molecule has 9 nitrogen and oxygen atoms in total. The average molecular weight is 515 g/mol. The topological polar surface area (TPSA) is 118 Å². The first-order valence-corrected chi connectivity index (χ1v) is 10.1. The number of nitrogen functional groups attached to an aromatic ring is 1. The van der Waals surface area contributed by atoms with Crippen molar-refractivity contribution in [3.63, 3.8) is 0 Å². The molecule has 0 unspecified atom stereocenters. The fourth-order valence-electron chi connectivity index (χ4n) is 3.10. The monoisotopic (exact) mass is 515 g/mol. The van der Waals surface area contributed by atoms with Gasteiger partial charge in [-0.05, 0) is 46.7 Å². The normalized spacial score (nSPS) is 12.8. The maximum atomic E-state index is 13.8. The predicted octanol–water partition coefficient (Wildman–Crippen LogP) is 1.87. The van der Waals surface area contributed by atoms with Gasteiger partial charge in [-0.15, -0.1) is 0 Å². The number of halogens is 2. The molecule has 3 aromatic rings. The zero-order valence-electron chi connectivity index (χ0n) is 15.4. The minimum absolute atomic E-state index is 0.00548. The van der Waals surface area contributed by atoms with Gasteiger partial charge in [0, 0.05) is 29.7 Å². The van der Waals surface area contributed by atoms with Crippen molar-refractivity contribution >= 4 is 39.6 Å². The largest absolute Gasteiger partial charge is 0.454 e. The molecule has 1 aliphatic rings. The van der Waals surface area contributed by atoms with Gasteiger partial charge in [-0.3, -0.25) is 0 Å². The van der Waals surface area contributed by atoms with Crippen molar-refractivity contribution in [2.75, 3.05) is 32.3 Å². The number of aliphatic hydroxyl groups excluding tert-OH is 1. The van der Waals surface area contributed by atoms with Crippen LogP contribution in [-0.2, 0) is 17.7 Å². The summed E-state index contributed by atoms with van der Waals surface area (Å²) in [5.74, 6) is 2.05. The average Bonchev–Trinajstić information content (AvgIpc) is 3.26. The van der Waals surface area contributed by atoms with E-state index in [2.05, 4.69) is 37.5 Å². The highest BCUT2D eigenvalue weighted by Crippen LogP contribution is 2.36. The van der Waals surface area contributed by atoms with E-state index in [0.717, 1.165) is 9.13 Å². The minimum atomic E-state index is -0.901. The van der Waals surface area contributed by atoms with Gasteiger partial charge in [-0.2, -0.15) is 14.4 Å². The molecular weight excluding hydrogens is 496 g/mol. The molecular formula is C18H19FIN5O4. The summed E-state index contributed by atoms with van der Waals surface area (Å²) in [6.07, 6.45) is 0.112. The van der Waals surface area contributed by atoms with Crippen LogP contribution in [0.25, 0.3) is 11.2 Å². The van der Waals surface area contributed by atoms with Crippen LogP contribution < -0.4 is 15.2 Å². The Morgan fingerprint density at radius 2 is 2.00 bits per heavy atom. The van der Waals surface area contributed by atoms with E-state index in [9.17, 15) is 4.39 Å². The van der Waals surface area contributed by atoms with Gasteiger partial charge < -0.3 is 29.6 Å². The SMILES string of the molecule is Nc1nc(F)nc2c1nc(Cc1cc3c(cc1I)OCO3)n2CCOCCCO. The molecule has 0 aliphatic carbocycles. The lowest BCUT2D eigenvalue weighted by atomic mass is 10.1. The second-order valence-corrected chi connectivity index (χ2v) is 7.56. The molecule has 1 aliphatic heterocycles. The molecule has 1 aromatic carbocycles. The maximum absolute atomic E-state index is 13.8. The van der Waals surface area contributed by atoms with Gasteiger partial charge in [0.1, 0.15) is 5.82 Å². The lowest BCUT2D eigenvalue weighted by molar-refractivity contribution is 0.109. The van der Waals surface area contributed by atoms with Gasteiger partial charge in [0.25, 0.3) is 0 Å². The van der Waals surface area contributed by atoms with Crippen molar-refractivity contribution in [3.05, 3.63) is 33.2 Å². The quantitative estimate of drug-likeness (QED) is 0.265. The van der Waals surface area contributed by atoms with Gasteiger partial charge >= 0.3 is 6.08 Å². The summed E-state index contributed by atoms with van der Waals surface area (Å²) >= 11 is 2.23. The minimum Gasteiger partial charge on any atom is -0.454 e. The summed E-state index contributed by atoms with van der Waals surface area (Å²) in [7, 11) is 0. The number of aliphatic hydroxyl groups is 1. The predicted molar refractivity (Wildman–Crippen MR) is 110 cm³/mol. The zero-order valence-corrected chi connectivity index (χ0v) is 17.6. The second-order valence-electron chi connectivity index (χ2n) is 6.39. The Labute approximate surface area is 179 Å². The van der Waals surface area contributed by atoms with Crippen LogP contribution in [0, 0.1) is 9.65 Å². The number of nitrogens with two attached hydrogens (primary N) is 1. The molecule has 2 aromatic heterocycles. The lowest BCUT2D eigenvalue weighted by Gasteiger charge is -2.11. The summed E-state index contributed by atoms with van der Waals surface area (Å²) in [6, 6.07) is 3.83. The fourth-order valence-corrected chi connectivity index (χ4v) is 3.73. The van der Waals surface area contributed by atoms with Gasteiger partial charge in [0.15, 0.2) is 28.5 Å². The Morgan fingerprint density at radius 3 is 2.79 bits per heavy atom. The van der Waals surface area contributed by atoms with Gasteiger partial charge in [0.05, 0.1) is 6.61 Å². The number of ether oxygens (including phenoxy) is 3. The zero-order chi connectivity index (χ0) is 20.4. The third kappa shape index (κ3) is 4.21. The molecule has 3 heterocycles. The van der Waals surface area contributed by atoms with E-state index < -0.39 is 6.08 Å². The molecule has 0 saturated carbocycles. The number of hydrogen-bond acceptors (Lipinski definition) is 8. The van der Waals surface area contributed by atoms with Crippen molar-refractivity contribution in [3.8, 4) is 11.5 Å². The number of hydrogen-bond donors (Lipinski definition) is 2. The third-order valence-electron chi connectivity index (χ3n) is 4.47. The molecule has 0 amide bonds. The van der Waals surface area contributed by atoms with Crippen LogP contribution in [-0.4, -0.2) is 51.2 Å². The first-order chi connectivity index (χ1) is 14.1. The van der Waals surface area contributed by atoms with Crippen LogP contribution >= 0.6 is 22.6 Å². The molecule has 11 heteroatoms. The number of nitrogens with zero attached hydrogens (tertiary/aromatic N) is 4. The van der Waals surface area contributed by atoms with E-state index in [1.165, 1.54) is 0 Å². The van der Waals surface area contributed by atoms with Crippen LogP contribution in [0.2, 0.25) is 0 Å². The summed E-state index contributed by atoms with van der Waals surface area (Å²) in [5, 5.41) is 8.87. The first-order valence-electron chi connectivity index (χ1n) is 9.01. The van der Waals surface area contributed by atoms with E-state index in [-0.39, 0.29) is 19.2 Å². The Morgan fingerprint density at radius 1 is 1.21 bits per heavy atom. The highest BCUT2D eigenvalue weighted by Gasteiger charge is 2.20. The molecule has 0 radical (unpaired) electrons. The Kier molecular flexibility index (Phi) is 5.96. The summed E-state index contributed by atoms with van der Waals surface area (Å²) in [5.41, 5.74) is 7.53. The van der Waals surface area contributed by atoms with Crippen LogP contribution in [0.1, 0.15) is 17.8 Å². The summed E-state index contributed by atoms with van der Waals surface area (Å²) in [4.78, 5) is 12.0. The Hall–Kier alpha value is -2.25. The van der Waals surface area contributed by atoms with Crippen LogP contribution in [0.15, 0.2) is 12.1 Å². The van der Waals surface area contributed by atoms with E-state index in [0.29, 0.717) is 61.1 Å². The molecule has 0 atom stereocenters. The number of rotatable bonds is 8. The molecule has 0 spiro atoms. The number of anilines is 1. The van der Waals surface area contributed by atoms with Crippen LogP contribution in [0.5, 0.6) is 11.5 Å². The first kappa shape index (κ1) is 20.0.